The Labute approximate surface area is 169 Å². The summed E-state index contributed by atoms with van der Waals surface area (Å²) < 4.78 is 7.99. The number of thiazole rings is 1. The maximum absolute atomic E-state index is 12.9. The Morgan fingerprint density at radius 3 is 2.86 bits per heavy atom. The minimum absolute atomic E-state index is 0.293. The van der Waals surface area contributed by atoms with Gasteiger partial charge in [0.1, 0.15) is 11.6 Å². The van der Waals surface area contributed by atoms with Crippen LogP contribution in [0.4, 0.5) is 0 Å². The molecule has 0 bridgehead atoms. The topological polar surface area (TPSA) is 102 Å². The molecule has 2 heterocycles. The highest BCUT2D eigenvalue weighted by Gasteiger charge is 2.24. The number of carbonyl (C=O) groups excluding carboxylic acids is 2. The van der Waals surface area contributed by atoms with Crippen LogP contribution in [0.1, 0.15) is 36.7 Å². The van der Waals surface area contributed by atoms with Gasteiger partial charge in [0.25, 0.3) is 5.91 Å². The lowest BCUT2D eigenvalue weighted by Gasteiger charge is -2.16. The van der Waals surface area contributed by atoms with E-state index in [-0.39, 0.29) is 5.97 Å². The molecule has 2 aromatic carbocycles. The third-order valence-corrected chi connectivity index (χ3v) is 5.59. The molecule has 2 aromatic heterocycles. The predicted octanol–water partition coefficient (Wildman–Crippen LogP) is 3.23. The molecule has 8 nitrogen and oxygen atoms in total. The first-order valence-corrected chi connectivity index (χ1v) is 10.1. The molecular formula is C20H19N5O3S. The fourth-order valence-corrected chi connectivity index (χ4v) is 4.26. The van der Waals surface area contributed by atoms with Gasteiger partial charge in [0.2, 0.25) is 0 Å². The molecule has 1 amide bonds. The number of nitrogens with one attached hydrogen (secondary N) is 1. The van der Waals surface area contributed by atoms with Gasteiger partial charge in [0.05, 0.1) is 22.3 Å². The summed E-state index contributed by atoms with van der Waals surface area (Å²) >= 11 is 1.37. The van der Waals surface area contributed by atoms with Gasteiger partial charge in [-0.15, -0.1) is 5.10 Å². The number of esters is 1. The Morgan fingerprint density at radius 2 is 2.07 bits per heavy atom. The van der Waals surface area contributed by atoms with E-state index in [9.17, 15) is 9.59 Å². The van der Waals surface area contributed by atoms with Crippen LogP contribution in [0.25, 0.3) is 21.3 Å². The first kappa shape index (κ1) is 19.0. The fraction of sp³-hybridized carbons (Fsp3) is 0.250. The number of carbonyl (C=O) groups is 2. The summed E-state index contributed by atoms with van der Waals surface area (Å²) in [6.45, 7) is 3.98. The Kier molecular flexibility index (Phi) is 5.22. The van der Waals surface area contributed by atoms with Crippen LogP contribution >= 0.6 is 11.3 Å². The Bertz CT molecular complexity index is 1270. The summed E-state index contributed by atoms with van der Waals surface area (Å²) in [7, 11) is 0. The van der Waals surface area contributed by atoms with Crippen molar-refractivity contribution >= 4 is 44.5 Å². The predicted molar refractivity (Wildman–Crippen MR) is 110 cm³/mol. The smallest absolute Gasteiger partial charge is 0.329 e. The van der Waals surface area contributed by atoms with Crippen molar-refractivity contribution in [3.05, 3.63) is 52.8 Å². The summed E-state index contributed by atoms with van der Waals surface area (Å²) in [6.07, 6.45) is 0.521. The lowest BCUT2D eigenvalue weighted by atomic mass is 10.2. The number of aromatic nitrogens is 4. The standard InChI is InChI=1S/C20H19N5O3S/c1-3-15(19(27)28-4-2)25-16-7-5-6-8-17(16)29-20(25)21-18(26)12-9-10-13-14(11-12)23-24-22-13/h5-11,15H,3-4H2,1-2H3,(H,22,23,24)/b21-20+. The van der Waals surface area contributed by atoms with Crippen molar-refractivity contribution in [2.75, 3.05) is 6.61 Å². The average molecular weight is 409 g/mol. The van der Waals surface area contributed by atoms with Crippen LogP contribution in [-0.4, -0.2) is 38.5 Å². The number of nitrogens with zero attached hydrogens (tertiary/aromatic N) is 4. The SMILES string of the molecule is CCOC(=O)C(CC)n1/c(=N\C(=O)c2ccc3nn[nH]c3c2)sc2ccccc21. The van der Waals surface area contributed by atoms with Crippen molar-refractivity contribution in [3.8, 4) is 0 Å². The molecular weight excluding hydrogens is 390 g/mol. The number of H-pyrrole nitrogens is 1. The molecule has 4 rings (SSSR count). The largest absolute Gasteiger partial charge is 0.464 e. The van der Waals surface area contributed by atoms with Gasteiger partial charge in [-0.2, -0.15) is 4.99 Å². The molecule has 1 atom stereocenters. The number of fused-ring (bicyclic) bond motifs is 2. The molecule has 0 radical (unpaired) electrons. The zero-order valence-corrected chi connectivity index (χ0v) is 16.8. The molecule has 0 aliphatic carbocycles. The van der Waals surface area contributed by atoms with E-state index in [1.807, 2.05) is 31.2 Å². The van der Waals surface area contributed by atoms with E-state index in [4.69, 9.17) is 4.74 Å². The van der Waals surface area contributed by atoms with Crippen LogP contribution < -0.4 is 4.80 Å². The molecule has 29 heavy (non-hydrogen) atoms. The molecule has 1 N–H and O–H groups in total. The molecule has 0 spiro atoms. The highest BCUT2D eigenvalue weighted by Crippen LogP contribution is 2.23. The summed E-state index contributed by atoms with van der Waals surface area (Å²) in [6, 6.07) is 12.2. The Hall–Kier alpha value is -3.33. The van der Waals surface area contributed by atoms with E-state index in [2.05, 4.69) is 20.4 Å². The quantitative estimate of drug-likeness (QED) is 0.510. The summed E-state index contributed by atoms with van der Waals surface area (Å²) in [5.41, 5.74) is 2.59. The molecule has 0 saturated heterocycles. The van der Waals surface area contributed by atoms with Crippen molar-refractivity contribution in [2.24, 2.45) is 4.99 Å². The van der Waals surface area contributed by atoms with E-state index < -0.39 is 11.9 Å². The first-order chi connectivity index (χ1) is 14.1. The van der Waals surface area contributed by atoms with Gasteiger partial charge < -0.3 is 9.30 Å². The molecule has 0 aliphatic heterocycles. The van der Waals surface area contributed by atoms with Crippen molar-refractivity contribution in [1.29, 1.82) is 0 Å². The highest BCUT2D eigenvalue weighted by molar-refractivity contribution is 7.16. The molecule has 4 aromatic rings. The summed E-state index contributed by atoms with van der Waals surface area (Å²) in [5, 5.41) is 10.4. The maximum atomic E-state index is 12.9. The number of para-hydroxylation sites is 1. The van der Waals surface area contributed by atoms with Gasteiger partial charge >= 0.3 is 5.97 Å². The lowest BCUT2D eigenvalue weighted by Crippen LogP contribution is -2.29. The molecule has 148 valence electrons. The van der Waals surface area contributed by atoms with Crippen LogP contribution in [0.3, 0.4) is 0 Å². The van der Waals surface area contributed by atoms with Crippen LogP contribution in [0.5, 0.6) is 0 Å². The van der Waals surface area contributed by atoms with Crippen molar-refractivity contribution in [3.63, 3.8) is 0 Å². The first-order valence-electron chi connectivity index (χ1n) is 9.29. The Morgan fingerprint density at radius 1 is 1.24 bits per heavy atom. The maximum Gasteiger partial charge on any atom is 0.329 e. The fourth-order valence-electron chi connectivity index (χ4n) is 3.19. The van der Waals surface area contributed by atoms with Crippen LogP contribution in [0.2, 0.25) is 0 Å². The third-order valence-electron chi connectivity index (χ3n) is 4.56. The highest BCUT2D eigenvalue weighted by atomic mass is 32.1. The van der Waals surface area contributed by atoms with Gasteiger partial charge in [-0.05, 0) is 43.7 Å². The van der Waals surface area contributed by atoms with E-state index in [0.717, 1.165) is 10.2 Å². The number of aromatic amines is 1. The third kappa shape index (κ3) is 3.56. The van der Waals surface area contributed by atoms with Crippen molar-refractivity contribution in [1.82, 2.24) is 20.0 Å². The van der Waals surface area contributed by atoms with E-state index in [1.165, 1.54) is 11.3 Å². The second kappa shape index (κ2) is 7.96. The van der Waals surface area contributed by atoms with Gasteiger partial charge in [-0.1, -0.05) is 35.6 Å². The number of benzene rings is 2. The van der Waals surface area contributed by atoms with Gasteiger partial charge in [-0.3, -0.25) is 9.89 Å². The van der Waals surface area contributed by atoms with E-state index >= 15 is 0 Å². The van der Waals surface area contributed by atoms with Gasteiger partial charge in [0, 0.05) is 5.56 Å². The van der Waals surface area contributed by atoms with E-state index in [1.54, 1.807) is 29.7 Å². The number of hydrogen-bond acceptors (Lipinski definition) is 6. The monoisotopic (exact) mass is 409 g/mol. The van der Waals surface area contributed by atoms with Crippen LogP contribution in [-0.2, 0) is 9.53 Å². The zero-order chi connectivity index (χ0) is 20.4. The number of ether oxygens (including phenoxy) is 1. The summed E-state index contributed by atoms with van der Waals surface area (Å²) in [5.74, 6) is -0.738. The van der Waals surface area contributed by atoms with Crippen molar-refractivity contribution in [2.45, 2.75) is 26.3 Å². The second-order valence-corrected chi connectivity index (χ2v) is 7.37. The second-order valence-electron chi connectivity index (χ2n) is 6.36. The lowest BCUT2D eigenvalue weighted by molar-refractivity contribution is -0.147. The van der Waals surface area contributed by atoms with Gasteiger partial charge in [0.15, 0.2) is 4.80 Å². The summed E-state index contributed by atoms with van der Waals surface area (Å²) in [4.78, 5) is 30.2. The molecule has 0 saturated carbocycles. The Balaban J connectivity index is 1.85. The number of hydrogen-bond donors (Lipinski definition) is 1. The number of rotatable bonds is 5. The molecule has 0 fully saturated rings. The van der Waals surface area contributed by atoms with Crippen molar-refractivity contribution < 1.29 is 14.3 Å². The number of amides is 1. The minimum atomic E-state index is -0.558. The zero-order valence-electron chi connectivity index (χ0n) is 16.0. The minimum Gasteiger partial charge on any atom is -0.464 e. The van der Waals surface area contributed by atoms with Gasteiger partial charge in [-0.25, -0.2) is 4.79 Å². The van der Waals surface area contributed by atoms with Crippen LogP contribution in [0, 0.1) is 0 Å². The van der Waals surface area contributed by atoms with Crippen LogP contribution in [0.15, 0.2) is 47.5 Å². The normalized spacial score (nSPS) is 13.1. The molecule has 0 aliphatic rings. The molecule has 9 heteroatoms. The van der Waals surface area contributed by atoms with E-state index in [0.29, 0.717) is 34.4 Å². The average Bonchev–Trinajstić information content (AvgIpc) is 3.33. The molecule has 1 unspecified atom stereocenters.